The monoisotopic (exact) mass is 303 g/mol. The number of primary sulfonamides is 1. The Balaban J connectivity index is 1.81. The Kier molecular flexibility index (Phi) is 4.43. The topological polar surface area (TPSA) is 101 Å². The first-order valence-corrected chi connectivity index (χ1v) is 8.47. The molecule has 0 aromatic carbocycles. The second-order valence-electron chi connectivity index (χ2n) is 4.57. The van der Waals surface area contributed by atoms with Crippen molar-refractivity contribution in [3.05, 3.63) is 17.0 Å². The van der Waals surface area contributed by atoms with Gasteiger partial charge in [0, 0.05) is 10.9 Å². The van der Waals surface area contributed by atoms with E-state index in [1.165, 1.54) is 6.07 Å². The van der Waals surface area contributed by atoms with Gasteiger partial charge in [-0.1, -0.05) is 12.8 Å². The van der Waals surface area contributed by atoms with Gasteiger partial charge >= 0.3 is 6.03 Å². The van der Waals surface area contributed by atoms with Crippen molar-refractivity contribution < 1.29 is 13.2 Å². The molecular weight excluding hydrogens is 286 g/mol. The molecule has 106 valence electrons. The summed E-state index contributed by atoms with van der Waals surface area (Å²) in [4.78, 5) is 12.4. The quantitative estimate of drug-likeness (QED) is 0.777. The van der Waals surface area contributed by atoms with Gasteiger partial charge in [-0.2, -0.15) is 0 Å². The molecule has 0 saturated heterocycles. The molecular formula is C11H17N3O3S2. The van der Waals surface area contributed by atoms with E-state index in [0.29, 0.717) is 6.54 Å². The predicted octanol–water partition coefficient (Wildman–Crippen LogP) is 1.14. The SMILES string of the molecule is NS(=O)(=O)c1ccc(CNC(=O)NC2CCCC2)s1. The molecule has 19 heavy (non-hydrogen) atoms. The summed E-state index contributed by atoms with van der Waals surface area (Å²) in [6.45, 7) is 0.304. The lowest BCUT2D eigenvalue weighted by Crippen LogP contribution is -2.40. The lowest BCUT2D eigenvalue weighted by Gasteiger charge is -2.12. The Morgan fingerprint density at radius 1 is 1.37 bits per heavy atom. The number of urea groups is 1. The van der Waals surface area contributed by atoms with E-state index in [-0.39, 0.29) is 16.3 Å². The van der Waals surface area contributed by atoms with Gasteiger partial charge in [0.05, 0.1) is 6.54 Å². The summed E-state index contributed by atoms with van der Waals surface area (Å²) in [7, 11) is -3.65. The van der Waals surface area contributed by atoms with Crippen molar-refractivity contribution in [2.45, 2.75) is 42.5 Å². The number of carbonyl (C=O) groups excluding carboxylic acids is 1. The third-order valence-corrected chi connectivity index (χ3v) is 5.55. The molecule has 0 atom stereocenters. The fraction of sp³-hybridized carbons (Fsp3) is 0.545. The average molecular weight is 303 g/mol. The van der Waals surface area contributed by atoms with Gasteiger partial charge in [0.25, 0.3) is 0 Å². The standard InChI is InChI=1S/C11H17N3O3S2/c12-19(16,17)10-6-5-9(18-10)7-13-11(15)14-8-3-1-2-4-8/h5-6,8H,1-4,7H2,(H2,12,16,17)(H2,13,14,15). The van der Waals surface area contributed by atoms with Crippen molar-refractivity contribution in [1.82, 2.24) is 10.6 Å². The number of nitrogens with two attached hydrogens (primary N) is 1. The van der Waals surface area contributed by atoms with Crippen molar-refractivity contribution in [2.24, 2.45) is 5.14 Å². The van der Waals surface area contributed by atoms with Crippen LogP contribution in [0.15, 0.2) is 16.3 Å². The first-order valence-electron chi connectivity index (χ1n) is 6.11. The maximum atomic E-state index is 11.6. The molecule has 2 amide bonds. The molecule has 1 aliphatic rings. The Hall–Kier alpha value is -1.12. The van der Waals surface area contributed by atoms with Crippen LogP contribution in [-0.4, -0.2) is 20.5 Å². The molecule has 0 radical (unpaired) electrons. The number of thiophene rings is 1. The summed E-state index contributed by atoms with van der Waals surface area (Å²) in [5, 5.41) is 10.6. The molecule has 8 heteroatoms. The number of amides is 2. The Morgan fingerprint density at radius 3 is 2.63 bits per heavy atom. The molecule has 2 rings (SSSR count). The highest BCUT2D eigenvalue weighted by atomic mass is 32.2. The molecule has 1 aliphatic carbocycles. The average Bonchev–Trinajstić information content (AvgIpc) is 2.95. The zero-order chi connectivity index (χ0) is 13.9. The van der Waals surface area contributed by atoms with Crippen molar-refractivity contribution in [3.8, 4) is 0 Å². The van der Waals surface area contributed by atoms with E-state index in [2.05, 4.69) is 10.6 Å². The zero-order valence-electron chi connectivity index (χ0n) is 10.4. The van der Waals surface area contributed by atoms with Crippen LogP contribution in [0.3, 0.4) is 0 Å². The van der Waals surface area contributed by atoms with E-state index in [1.54, 1.807) is 6.07 Å². The van der Waals surface area contributed by atoms with Crippen LogP contribution in [0.5, 0.6) is 0 Å². The van der Waals surface area contributed by atoms with Gasteiger partial charge in [-0.3, -0.25) is 0 Å². The highest BCUT2D eigenvalue weighted by molar-refractivity contribution is 7.91. The van der Waals surface area contributed by atoms with Crippen LogP contribution in [0.2, 0.25) is 0 Å². The minimum absolute atomic E-state index is 0.112. The number of carbonyl (C=O) groups is 1. The van der Waals surface area contributed by atoms with Crippen LogP contribution >= 0.6 is 11.3 Å². The van der Waals surface area contributed by atoms with E-state index in [9.17, 15) is 13.2 Å². The summed E-state index contributed by atoms with van der Waals surface area (Å²) >= 11 is 1.07. The highest BCUT2D eigenvalue weighted by Crippen LogP contribution is 2.20. The maximum absolute atomic E-state index is 11.6. The summed E-state index contributed by atoms with van der Waals surface area (Å²) in [6.07, 6.45) is 4.38. The minimum atomic E-state index is -3.65. The fourth-order valence-corrected chi connectivity index (χ4v) is 3.80. The van der Waals surface area contributed by atoms with Crippen LogP contribution < -0.4 is 15.8 Å². The van der Waals surface area contributed by atoms with E-state index in [1.807, 2.05) is 0 Å². The normalized spacial score (nSPS) is 16.5. The molecule has 1 aromatic rings. The Bertz CT molecular complexity index is 547. The van der Waals surface area contributed by atoms with Crippen LogP contribution in [0.25, 0.3) is 0 Å². The molecule has 0 unspecified atom stereocenters. The summed E-state index contributed by atoms with van der Waals surface area (Å²) < 4.78 is 22.3. The summed E-state index contributed by atoms with van der Waals surface area (Å²) in [5.74, 6) is 0. The molecule has 0 spiro atoms. The van der Waals surface area contributed by atoms with E-state index >= 15 is 0 Å². The van der Waals surface area contributed by atoms with Gasteiger partial charge in [0.2, 0.25) is 10.0 Å². The van der Waals surface area contributed by atoms with Crippen LogP contribution in [0, 0.1) is 0 Å². The third-order valence-electron chi connectivity index (χ3n) is 3.03. The van der Waals surface area contributed by atoms with Crippen molar-refractivity contribution in [2.75, 3.05) is 0 Å². The van der Waals surface area contributed by atoms with E-state index in [4.69, 9.17) is 5.14 Å². The van der Waals surface area contributed by atoms with Crippen LogP contribution in [-0.2, 0) is 16.6 Å². The van der Waals surface area contributed by atoms with Crippen molar-refractivity contribution in [1.29, 1.82) is 0 Å². The molecule has 6 nitrogen and oxygen atoms in total. The second-order valence-corrected chi connectivity index (χ2v) is 7.53. The number of nitrogens with one attached hydrogen (secondary N) is 2. The highest BCUT2D eigenvalue weighted by Gasteiger charge is 2.17. The van der Waals surface area contributed by atoms with Gasteiger partial charge in [-0.05, 0) is 25.0 Å². The predicted molar refractivity (Wildman–Crippen MR) is 73.3 cm³/mol. The molecule has 1 heterocycles. The van der Waals surface area contributed by atoms with Crippen LogP contribution in [0.1, 0.15) is 30.6 Å². The molecule has 0 bridgehead atoms. The van der Waals surface area contributed by atoms with Crippen molar-refractivity contribution >= 4 is 27.4 Å². The molecule has 1 saturated carbocycles. The van der Waals surface area contributed by atoms with Gasteiger partial charge in [-0.25, -0.2) is 18.4 Å². The summed E-state index contributed by atoms with van der Waals surface area (Å²) in [5.41, 5.74) is 0. The van der Waals surface area contributed by atoms with E-state index in [0.717, 1.165) is 41.9 Å². The summed E-state index contributed by atoms with van der Waals surface area (Å²) in [6, 6.07) is 3.16. The zero-order valence-corrected chi connectivity index (χ0v) is 12.0. The van der Waals surface area contributed by atoms with Crippen LogP contribution in [0.4, 0.5) is 4.79 Å². The molecule has 1 fully saturated rings. The Labute approximate surface area is 116 Å². The Morgan fingerprint density at radius 2 is 2.05 bits per heavy atom. The van der Waals surface area contributed by atoms with E-state index < -0.39 is 10.0 Å². The number of sulfonamides is 1. The van der Waals surface area contributed by atoms with Crippen molar-refractivity contribution in [3.63, 3.8) is 0 Å². The maximum Gasteiger partial charge on any atom is 0.315 e. The molecule has 0 aliphatic heterocycles. The minimum Gasteiger partial charge on any atom is -0.335 e. The van der Waals surface area contributed by atoms with Gasteiger partial charge in [0.1, 0.15) is 4.21 Å². The first-order chi connectivity index (χ1) is 8.95. The molecule has 4 N–H and O–H groups in total. The van der Waals surface area contributed by atoms with Gasteiger partial charge in [-0.15, -0.1) is 11.3 Å². The first kappa shape index (κ1) is 14.3. The number of rotatable bonds is 4. The number of hydrogen-bond donors (Lipinski definition) is 3. The lowest BCUT2D eigenvalue weighted by molar-refractivity contribution is 0.237. The molecule has 1 aromatic heterocycles. The van der Waals surface area contributed by atoms with Gasteiger partial charge in [0.15, 0.2) is 0 Å². The number of hydrogen-bond acceptors (Lipinski definition) is 4. The smallest absolute Gasteiger partial charge is 0.315 e. The third kappa shape index (κ3) is 4.19. The van der Waals surface area contributed by atoms with Gasteiger partial charge < -0.3 is 10.6 Å². The largest absolute Gasteiger partial charge is 0.335 e. The second kappa shape index (κ2) is 5.89. The fourth-order valence-electron chi connectivity index (χ4n) is 2.08. The lowest BCUT2D eigenvalue weighted by atomic mass is 10.2.